The van der Waals surface area contributed by atoms with E-state index in [0.29, 0.717) is 24.8 Å². The average Bonchev–Trinajstić information content (AvgIpc) is 2.86. The number of sulfone groups is 1. The Bertz CT molecular complexity index is 1270. The minimum atomic E-state index is -5.85. The van der Waals surface area contributed by atoms with Crippen LogP contribution in [0.15, 0.2) is 63.2 Å². The molecule has 0 spiro atoms. The highest BCUT2D eigenvalue weighted by Gasteiger charge is 2.48. The number of halogens is 3. The van der Waals surface area contributed by atoms with Gasteiger partial charge in [-0.25, -0.2) is 22.0 Å². The fourth-order valence-electron chi connectivity index (χ4n) is 4.17. The monoisotopic (exact) mass is 594 g/mol. The maximum Gasteiger partial charge on any atom is 0.501 e. The van der Waals surface area contributed by atoms with Gasteiger partial charge in [-0.3, -0.25) is 0 Å². The zero-order valence-corrected chi connectivity index (χ0v) is 23.5. The SMILES string of the molecule is CCCN1CCN(CC[C@H](CSc2ccccc2)Nc2ccc(S(N)(=O)=O)cc2S(=O)(=O)C(F)(F)F)CC1. The number of benzene rings is 2. The summed E-state index contributed by atoms with van der Waals surface area (Å²) in [7, 11) is -10.3. The molecule has 3 rings (SSSR count). The van der Waals surface area contributed by atoms with Crippen molar-refractivity contribution in [3.8, 4) is 0 Å². The van der Waals surface area contributed by atoms with E-state index >= 15 is 0 Å². The van der Waals surface area contributed by atoms with Crippen molar-refractivity contribution in [1.82, 2.24) is 9.80 Å². The van der Waals surface area contributed by atoms with Crippen LogP contribution < -0.4 is 10.5 Å². The molecule has 0 amide bonds. The summed E-state index contributed by atoms with van der Waals surface area (Å²) in [5, 5.41) is 8.03. The second-order valence-corrected chi connectivity index (χ2v) is 13.7. The molecule has 212 valence electrons. The van der Waals surface area contributed by atoms with E-state index in [9.17, 15) is 30.0 Å². The van der Waals surface area contributed by atoms with Gasteiger partial charge in [-0.1, -0.05) is 25.1 Å². The van der Waals surface area contributed by atoms with Gasteiger partial charge >= 0.3 is 5.51 Å². The number of nitrogens with two attached hydrogens (primary N) is 1. The first kappa shape index (κ1) is 30.7. The first-order chi connectivity index (χ1) is 17.8. The fraction of sp³-hybridized carbons (Fsp3) is 0.500. The molecule has 0 radical (unpaired) electrons. The van der Waals surface area contributed by atoms with Crippen molar-refractivity contribution in [2.45, 2.75) is 46.0 Å². The molecule has 0 bridgehead atoms. The van der Waals surface area contributed by atoms with E-state index in [4.69, 9.17) is 5.14 Å². The molecule has 0 aromatic heterocycles. The van der Waals surface area contributed by atoms with Crippen LogP contribution in [-0.2, 0) is 19.9 Å². The number of thioether (sulfide) groups is 1. The van der Waals surface area contributed by atoms with E-state index < -0.39 is 41.2 Å². The zero-order valence-electron chi connectivity index (χ0n) is 21.0. The third-order valence-electron chi connectivity index (χ3n) is 6.23. The van der Waals surface area contributed by atoms with E-state index in [-0.39, 0.29) is 5.69 Å². The van der Waals surface area contributed by atoms with Gasteiger partial charge in [-0.2, -0.15) is 13.2 Å². The second-order valence-electron chi connectivity index (χ2n) is 9.09. The summed E-state index contributed by atoms with van der Waals surface area (Å²) in [6.45, 7) is 7.46. The highest BCUT2D eigenvalue weighted by Crippen LogP contribution is 2.36. The Morgan fingerprint density at radius 3 is 2.13 bits per heavy atom. The van der Waals surface area contributed by atoms with Crippen molar-refractivity contribution in [2.75, 3.05) is 50.3 Å². The van der Waals surface area contributed by atoms with Crippen LogP contribution in [0.25, 0.3) is 0 Å². The summed E-state index contributed by atoms with van der Waals surface area (Å²) in [6.07, 6.45) is 1.62. The number of piperazine rings is 1. The van der Waals surface area contributed by atoms with Crippen LogP contribution in [-0.4, -0.2) is 83.2 Å². The second kappa shape index (κ2) is 13.0. The smallest absolute Gasteiger partial charge is 0.380 e. The molecular weight excluding hydrogens is 561 g/mol. The summed E-state index contributed by atoms with van der Waals surface area (Å²) >= 11 is 1.49. The van der Waals surface area contributed by atoms with Gasteiger partial charge in [0.25, 0.3) is 9.84 Å². The number of hydrogen-bond donors (Lipinski definition) is 2. The lowest BCUT2D eigenvalue weighted by Crippen LogP contribution is -2.47. The Morgan fingerprint density at radius 2 is 1.58 bits per heavy atom. The number of nitrogens with zero attached hydrogens (tertiary/aromatic N) is 2. The molecule has 2 aromatic rings. The summed E-state index contributed by atoms with van der Waals surface area (Å²) in [5.41, 5.74) is -5.94. The van der Waals surface area contributed by atoms with E-state index in [0.717, 1.165) is 56.2 Å². The molecule has 0 unspecified atom stereocenters. The molecule has 0 aliphatic carbocycles. The van der Waals surface area contributed by atoms with Gasteiger partial charge < -0.3 is 15.1 Å². The van der Waals surface area contributed by atoms with Gasteiger partial charge in [0.2, 0.25) is 10.0 Å². The summed E-state index contributed by atoms with van der Waals surface area (Å²) in [5.74, 6) is 0.447. The van der Waals surface area contributed by atoms with E-state index in [1.807, 2.05) is 30.3 Å². The van der Waals surface area contributed by atoms with Gasteiger partial charge in [0.05, 0.1) is 10.6 Å². The van der Waals surface area contributed by atoms with E-state index in [2.05, 4.69) is 22.0 Å². The maximum absolute atomic E-state index is 13.5. The zero-order chi connectivity index (χ0) is 28.0. The topological polar surface area (TPSA) is 113 Å². The number of primary sulfonamides is 1. The highest BCUT2D eigenvalue weighted by atomic mass is 32.2. The van der Waals surface area contributed by atoms with Crippen LogP contribution in [0.5, 0.6) is 0 Å². The van der Waals surface area contributed by atoms with E-state index in [1.165, 1.54) is 11.8 Å². The lowest BCUT2D eigenvalue weighted by Gasteiger charge is -2.35. The van der Waals surface area contributed by atoms with Crippen LogP contribution >= 0.6 is 11.8 Å². The lowest BCUT2D eigenvalue weighted by atomic mass is 10.2. The largest absolute Gasteiger partial charge is 0.501 e. The molecule has 8 nitrogen and oxygen atoms in total. The first-order valence-electron chi connectivity index (χ1n) is 12.2. The number of rotatable bonds is 12. The molecule has 2 aromatic carbocycles. The molecule has 1 fully saturated rings. The predicted octanol–water partition coefficient (Wildman–Crippen LogP) is 3.62. The Labute approximate surface area is 226 Å². The van der Waals surface area contributed by atoms with Gasteiger partial charge in [0.1, 0.15) is 4.90 Å². The first-order valence-corrected chi connectivity index (χ1v) is 16.2. The number of alkyl halides is 3. The molecular formula is C24H33F3N4O4S3. The molecule has 1 aliphatic heterocycles. The number of nitrogens with one attached hydrogen (secondary N) is 1. The van der Waals surface area contributed by atoms with Crippen molar-refractivity contribution in [2.24, 2.45) is 5.14 Å². The average molecular weight is 595 g/mol. The van der Waals surface area contributed by atoms with Gasteiger partial charge in [-0.05, 0) is 49.7 Å². The Hall–Kier alpha value is -1.84. The van der Waals surface area contributed by atoms with Crippen molar-refractivity contribution in [3.63, 3.8) is 0 Å². The summed E-state index contributed by atoms with van der Waals surface area (Å²) in [4.78, 5) is 3.75. The standard InChI is InChI=1S/C24H33F3N4O4S3/c1-2-11-30-13-15-31(16-14-30)12-10-19(18-36-20-6-4-3-5-7-20)29-22-9-8-21(38(28,34)35)17-23(22)37(32,33)24(25,26)27/h3-9,17,19,29H,2,10-16,18H2,1H3,(H2,28,34,35)/t19-/m1/s1. The lowest BCUT2D eigenvalue weighted by molar-refractivity contribution is -0.0435. The third-order valence-corrected chi connectivity index (χ3v) is 9.84. The highest BCUT2D eigenvalue weighted by molar-refractivity contribution is 7.99. The molecule has 1 saturated heterocycles. The van der Waals surface area contributed by atoms with Crippen LogP contribution in [0.3, 0.4) is 0 Å². The van der Waals surface area contributed by atoms with E-state index in [1.54, 1.807) is 0 Å². The van der Waals surface area contributed by atoms with Gasteiger partial charge in [0.15, 0.2) is 0 Å². The molecule has 1 aliphatic rings. The Balaban J connectivity index is 1.85. The third kappa shape index (κ3) is 8.33. The molecule has 1 atom stereocenters. The Kier molecular flexibility index (Phi) is 10.5. The fourth-order valence-corrected chi connectivity index (χ4v) is 6.72. The molecule has 1 heterocycles. The quantitative estimate of drug-likeness (QED) is 0.359. The molecule has 0 saturated carbocycles. The normalized spacial score (nSPS) is 16.9. The maximum atomic E-state index is 13.5. The van der Waals surface area contributed by atoms with Crippen molar-refractivity contribution in [3.05, 3.63) is 48.5 Å². The van der Waals surface area contributed by atoms with Crippen molar-refractivity contribution in [1.29, 1.82) is 0 Å². The summed E-state index contributed by atoms with van der Waals surface area (Å²) in [6, 6.07) is 11.5. The van der Waals surface area contributed by atoms with Gasteiger partial charge in [-0.15, -0.1) is 11.8 Å². The minimum absolute atomic E-state index is 0.318. The van der Waals surface area contributed by atoms with Crippen molar-refractivity contribution >= 4 is 37.3 Å². The van der Waals surface area contributed by atoms with Crippen LogP contribution in [0.4, 0.5) is 18.9 Å². The molecule has 38 heavy (non-hydrogen) atoms. The Morgan fingerprint density at radius 1 is 0.974 bits per heavy atom. The molecule has 3 N–H and O–H groups in total. The minimum Gasteiger partial charge on any atom is -0.380 e. The number of hydrogen-bond acceptors (Lipinski definition) is 8. The molecule has 14 heteroatoms. The van der Waals surface area contributed by atoms with Crippen LogP contribution in [0, 0.1) is 0 Å². The van der Waals surface area contributed by atoms with Gasteiger partial charge in [0, 0.05) is 49.4 Å². The number of sulfonamides is 1. The van der Waals surface area contributed by atoms with Crippen LogP contribution in [0.2, 0.25) is 0 Å². The number of anilines is 1. The van der Waals surface area contributed by atoms with Crippen molar-refractivity contribution < 1.29 is 30.0 Å². The summed E-state index contributed by atoms with van der Waals surface area (Å²) < 4.78 is 88.8. The predicted molar refractivity (Wildman–Crippen MR) is 143 cm³/mol. The van der Waals surface area contributed by atoms with Crippen LogP contribution in [0.1, 0.15) is 19.8 Å².